The minimum Gasteiger partial charge on any atom is -0.462 e. The van der Waals surface area contributed by atoms with Crippen LogP contribution < -0.4 is 5.32 Å². The summed E-state index contributed by atoms with van der Waals surface area (Å²) in [6.07, 6.45) is 1.64. The van der Waals surface area contributed by atoms with E-state index in [4.69, 9.17) is 4.74 Å². The number of hydrogen-bond acceptors (Lipinski definition) is 7. The quantitative estimate of drug-likeness (QED) is 0.491. The number of nitrogens with zero attached hydrogens (tertiary/aromatic N) is 3. The van der Waals surface area contributed by atoms with E-state index in [9.17, 15) is 19.7 Å². The van der Waals surface area contributed by atoms with E-state index in [1.165, 1.54) is 6.07 Å². The molecule has 0 aliphatic heterocycles. The van der Waals surface area contributed by atoms with Crippen LogP contribution in [-0.4, -0.2) is 33.2 Å². The lowest BCUT2D eigenvalue weighted by Crippen LogP contribution is -2.15. The number of ether oxygens (including phenoxy) is 1. The van der Waals surface area contributed by atoms with Gasteiger partial charge in [-0.2, -0.15) is 5.10 Å². The molecular formula is C13H14N4O5S. The first-order chi connectivity index (χ1) is 11.0. The summed E-state index contributed by atoms with van der Waals surface area (Å²) >= 11 is 0.691. The van der Waals surface area contributed by atoms with Gasteiger partial charge >= 0.3 is 11.0 Å². The van der Waals surface area contributed by atoms with Crippen molar-refractivity contribution >= 4 is 33.2 Å². The number of anilines is 1. The molecule has 0 saturated heterocycles. The molecule has 2 rings (SSSR count). The van der Waals surface area contributed by atoms with Crippen LogP contribution in [-0.2, 0) is 11.3 Å². The van der Waals surface area contributed by atoms with E-state index in [1.54, 1.807) is 17.8 Å². The SMILES string of the molecule is CCOC(=O)c1cc([N+](=O)[O-])sc1NC(=O)c1ccn(CC)n1. The number of hydrogen-bond donors (Lipinski definition) is 1. The second kappa shape index (κ2) is 7.01. The molecule has 0 fully saturated rings. The molecule has 0 radical (unpaired) electrons. The van der Waals surface area contributed by atoms with Gasteiger partial charge in [-0.1, -0.05) is 0 Å². The number of aryl methyl sites for hydroxylation is 1. The van der Waals surface area contributed by atoms with Crippen molar-refractivity contribution in [1.82, 2.24) is 9.78 Å². The molecule has 10 heteroatoms. The van der Waals surface area contributed by atoms with Gasteiger partial charge in [0.25, 0.3) is 5.91 Å². The monoisotopic (exact) mass is 338 g/mol. The van der Waals surface area contributed by atoms with Gasteiger partial charge < -0.3 is 10.1 Å². The van der Waals surface area contributed by atoms with Crippen LogP contribution in [0.15, 0.2) is 18.3 Å². The van der Waals surface area contributed by atoms with Crippen LogP contribution >= 0.6 is 11.3 Å². The van der Waals surface area contributed by atoms with Crippen LogP contribution in [0, 0.1) is 10.1 Å². The predicted octanol–water partition coefficient (Wildman–Crippen LogP) is 2.30. The first-order valence-electron chi connectivity index (χ1n) is 6.76. The molecule has 0 unspecified atom stereocenters. The van der Waals surface area contributed by atoms with Crippen LogP contribution in [0.3, 0.4) is 0 Å². The minimum absolute atomic E-state index is 0.0492. The Labute approximate surface area is 135 Å². The normalized spacial score (nSPS) is 10.3. The summed E-state index contributed by atoms with van der Waals surface area (Å²) in [5.41, 5.74) is 0.101. The van der Waals surface area contributed by atoms with Crippen molar-refractivity contribution in [3.05, 3.63) is 39.7 Å². The molecule has 0 bridgehead atoms. The lowest BCUT2D eigenvalue weighted by Gasteiger charge is -2.04. The number of aromatic nitrogens is 2. The second-order valence-corrected chi connectivity index (χ2v) is 5.35. The third-order valence-electron chi connectivity index (χ3n) is 2.82. The Bertz CT molecular complexity index is 751. The maximum Gasteiger partial charge on any atom is 0.341 e. The van der Waals surface area contributed by atoms with E-state index in [0.29, 0.717) is 17.9 Å². The van der Waals surface area contributed by atoms with Crippen molar-refractivity contribution in [3.63, 3.8) is 0 Å². The largest absolute Gasteiger partial charge is 0.462 e. The summed E-state index contributed by atoms with van der Waals surface area (Å²) in [5, 5.41) is 17.2. The van der Waals surface area contributed by atoms with E-state index < -0.39 is 16.8 Å². The summed E-state index contributed by atoms with van der Waals surface area (Å²) in [6.45, 7) is 4.22. The second-order valence-electron chi connectivity index (χ2n) is 4.32. The first-order valence-corrected chi connectivity index (χ1v) is 7.58. The average Bonchev–Trinajstić information content (AvgIpc) is 3.14. The van der Waals surface area contributed by atoms with Gasteiger partial charge in [-0.25, -0.2) is 4.79 Å². The van der Waals surface area contributed by atoms with Crippen molar-refractivity contribution in [2.24, 2.45) is 0 Å². The number of amides is 1. The van der Waals surface area contributed by atoms with Gasteiger partial charge in [0.15, 0.2) is 5.69 Å². The van der Waals surface area contributed by atoms with Crippen LogP contribution in [0.25, 0.3) is 0 Å². The Hall–Kier alpha value is -2.75. The molecule has 0 aromatic carbocycles. The Morgan fingerprint density at radius 3 is 2.78 bits per heavy atom. The fourth-order valence-electron chi connectivity index (χ4n) is 1.75. The summed E-state index contributed by atoms with van der Waals surface area (Å²) in [7, 11) is 0. The molecule has 0 saturated carbocycles. The molecule has 2 aromatic heterocycles. The van der Waals surface area contributed by atoms with Crippen LogP contribution in [0.4, 0.5) is 10.0 Å². The zero-order chi connectivity index (χ0) is 17.0. The number of carbonyl (C=O) groups is 2. The standard InChI is InChI=1S/C13H14N4O5S/c1-3-16-6-5-9(15-16)11(18)14-12-8(13(19)22-4-2)7-10(23-12)17(20)21/h5-7H,3-4H2,1-2H3,(H,14,18). The Morgan fingerprint density at radius 2 is 2.22 bits per heavy atom. The fraction of sp³-hybridized carbons (Fsp3) is 0.308. The summed E-state index contributed by atoms with van der Waals surface area (Å²) in [5.74, 6) is -1.29. The number of nitro groups is 1. The lowest BCUT2D eigenvalue weighted by atomic mass is 10.3. The van der Waals surface area contributed by atoms with E-state index >= 15 is 0 Å². The highest BCUT2D eigenvalue weighted by molar-refractivity contribution is 7.19. The zero-order valence-electron chi connectivity index (χ0n) is 12.4. The highest BCUT2D eigenvalue weighted by Gasteiger charge is 2.24. The third kappa shape index (κ3) is 3.72. The van der Waals surface area contributed by atoms with Crippen molar-refractivity contribution in [3.8, 4) is 0 Å². The smallest absolute Gasteiger partial charge is 0.341 e. The molecule has 1 N–H and O–H groups in total. The Kier molecular flexibility index (Phi) is 5.06. The van der Waals surface area contributed by atoms with E-state index in [0.717, 1.165) is 6.07 Å². The number of rotatable bonds is 6. The molecule has 1 amide bonds. The van der Waals surface area contributed by atoms with Crippen LogP contribution in [0.5, 0.6) is 0 Å². The molecule has 2 heterocycles. The maximum absolute atomic E-state index is 12.2. The molecular weight excluding hydrogens is 324 g/mol. The molecule has 0 atom stereocenters. The van der Waals surface area contributed by atoms with Gasteiger partial charge in [-0.05, 0) is 31.3 Å². The van der Waals surface area contributed by atoms with Gasteiger partial charge in [-0.3, -0.25) is 19.6 Å². The molecule has 9 nitrogen and oxygen atoms in total. The number of nitrogens with one attached hydrogen (secondary N) is 1. The topological polar surface area (TPSA) is 116 Å². The molecule has 2 aromatic rings. The molecule has 0 aliphatic rings. The van der Waals surface area contributed by atoms with Gasteiger partial charge in [0.1, 0.15) is 10.6 Å². The summed E-state index contributed by atoms with van der Waals surface area (Å²) in [4.78, 5) is 34.3. The predicted molar refractivity (Wildman–Crippen MR) is 82.8 cm³/mol. The van der Waals surface area contributed by atoms with Crippen molar-refractivity contribution in [2.45, 2.75) is 20.4 Å². The number of thiophene rings is 1. The van der Waals surface area contributed by atoms with E-state index in [2.05, 4.69) is 10.4 Å². The first kappa shape index (κ1) is 16.6. The Morgan fingerprint density at radius 1 is 1.48 bits per heavy atom. The number of carbonyl (C=O) groups excluding carboxylic acids is 2. The minimum atomic E-state index is -0.730. The van der Waals surface area contributed by atoms with Gasteiger partial charge in [0, 0.05) is 18.8 Å². The highest BCUT2D eigenvalue weighted by atomic mass is 32.1. The van der Waals surface area contributed by atoms with Gasteiger partial charge in [0.05, 0.1) is 11.5 Å². The maximum atomic E-state index is 12.2. The molecule has 122 valence electrons. The molecule has 0 aliphatic carbocycles. The molecule has 0 spiro atoms. The van der Waals surface area contributed by atoms with Crippen molar-refractivity contribution in [2.75, 3.05) is 11.9 Å². The molecule has 23 heavy (non-hydrogen) atoms. The van der Waals surface area contributed by atoms with Gasteiger partial charge in [0.2, 0.25) is 0 Å². The Balaban J connectivity index is 2.28. The number of esters is 1. The highest BCUT2D eigenvalue weighted by Crippen LogP contribution is 2.34. The van der Waals surface area contributed by atoms with Crippen LogP contribution in [0.1, 0.15) is 34.7 Å². The van der Waals surface area contributed by atoms with Crippen LogP contribution in [0.2, 0.25) is 0 Å². The summed E-state index contributed by atoms with van der Waals surface area (Å²) < 4.78 is 6.41. The lowest BCUT2D eigenvalue weighted by molar-refractivity contribution is -0.380. The average molecular weight is 338 g/mol. The van der Waals surface area contributed by atoms with Gasteiger partial charge in [-0.15, -0.1) is 0 Å². The van der Waals surface area contributed by atoms with Crippen molar-refractivity contribution in [1.29, 1.82) is 0 Å². The van der Waals surface area contributed by atoms with E-state index in [1.807, 2.05) is 6.92 Å². The fourth-order valence-corrected chi connectivity index (χ4v) is 2.60. The third-order valence-corrected chi connectivity index (χ3v) is 3.82. The zero-order valence-corrected chi connectivity index (χ0v) is 13.3. The van der Waals surface area contributed by atoms with Crippen molar-refractivity contribution < 1.29 is 19.2 Å². The van der Waals surface area contributed by atoms with E-state index in [-0.39, 0.29) is 27.9 Å². The summed E-state index contributed by atoms with van der Waals surface area (Å²) in [6, 6.07) is 2.60.